The standard InChI is InChI=1S/C19H21ClN2O4/c1-11-5-8-14(20)15(9-11)22-17(24)13-7-6-12(10-16(13)23)21-18(25)26-19(2,3)4/h5-10,23H,1-4H3,(H,21,25)(H,22,24). The number of ether oxygens (including phenoxy) is 1. The second kappa shape index (κ2) is 7.66. The first kappa shape index (κ1) is 19.6. The molecule has 0 aliphatic rings. The molecule has 138 valence electrons. The van der Waals surface area contributed by atoms with Gasteiger partial charge in [-0.25, -0.2) is 4.79 Å². The van der Waals surface area contributed by atoms with Gasteiger partial charge in [-0.15, -0.1) is 0 Å². The van der Waals surface area contributed by atoms with Crippen molar-refractivity contribution < 1.29 is 19.4 Å². The number of anilines is 2. The lowest BCUT2D eigenvalue weighted by Gasteiger charge is -2.19. The summed E-state index contributed by atoms with van der Waals surface area (Å²) < 4.78 is 5.14. The molecular formula is C19H21ClN2O4. The first-order valence-electron chi connectivity index (χ1n) is 7.96. The number of carbonyl (C=O) groups is 2. The average molecular weight is 377 g/mol. The predicted molar refractivity (Wildman–Crippen MR) is 102 cm³/mol. The Morgan fingerprint density at radius 1 is 1.08 bits per heavy atom. The first-order valence-corrected chi connectivity index (χ1v) is 8.33. The van der Waals surface area contributed by atoms with Crippen LogP contribution in [0, 0.1) is 6.92 Å². The van der Waals surface area contributed by atoms with Gasteiger partial charge >= 0.3 is 6.09 Å². The van der Waals surface area contributed by atoms with E-state index in [-0.39, 0.29) is 11.3 Å². The minimum absolute atomic E-state index is 0.0531. The molecule has 0 radical (unpaired) electrons. The van der Waals surface area contributed by atoms with Crippen molar-refractivity contribution in [2.75, 3.05) is 10.6 Å². The molecule has 0 heterocycles. The average Bonchev–Trinajstić information content (AvgIpc) is 2.49. The Hall–Kier alpha value is -2.73. The SMILES string of the molecule is Cc1ccc(Cl)c(NC(=O)c2ccc(NC(=O)OC(C)(C)C)cc2O)c1. The van der Waals surface area contributed by atoms with Crippen LogP contribution in [0.4, 0.5) is 16.2 Å². The zero-order chi connectivity index (χ0) is 19.5. The van der Waals surface area contributed by atoms with Crippen LogP contribution in [0.1, 0.15) is 36.7 Å². The molecule has 7 heteroatoms. The molecule has 6 nitrogen and oxygen atoms in total. The van der Waals surface area contributed by atoms with E-state index in [1.54, 1.807) is 32.9 Å². The highest BCUT2D eigenvalue weighted by Crippen LogP contribution is 2.27. The molecule has 2 amide bonds. The fraction of sp³-hybridized carbons (Fsp3) is 0.263. The molecule has 0 aliphatic carbocycles. The molecule has 0 saturated heterocycles. The number of hydrogen-bond donors (Lipinski definition) is 3. The summed E-state index contributed by atoms with van der Waals surface area (Å²) in [6, 6.07) is 9.41. The summed E-state index contributed by atoms with van der Waals surface area (Å²) in [5, 5.41) is 15.7. The Morgan fingerprint density at radius 2 is 1.77 bits per heavy atom. The van der Waals surface area contributed by atoms with Gasteiger partial charge in [0.15, 0.2) is 0 Å². The number of nitrogens with one attached hydrogen (secondary N) is 2. The van der Waals surface area contributed by atoms with E-state index < -0.39 is 17.6 Å². The summed E-state index contributed by atoms with van der Waals surface area (Å²) in [7, 11) is 0. The third kappa shape index (κ3) is 5.39. The third-order valence-corrected chi connectivity index (χ3v) is 3.59. The van der Waals surface area contributed by atoms with Crippen LogP contribution < -0.4 is 10.6 Å². The van der Waals surface area contributed by atoms with Crippen LogP contribution in [0.5, 0.6) is 5.75 Å². The number of hydrogen-bond acceptors (Lipinski definition) is 4. The Bertz CT molecular complexity index is 844. The monoisotopic (exact) mass is 376 g/mol. The van der Waals surface area contributed by atoms with Crippen LogP contribution in [0.15, 0.2) is 36.4 Å². The minimum Gasteiger partial charge on any atom is -0.507 e. The van der Waals surface area contributed by atoms with E-state index >= 15 is 0 Å². The number of halogens is 1. The molecular weight excluding hydrogens is 356 g/mol. The summed E-state index contributed by atoms with van der Waals surface area (Å²) in [6.45, 7) is 7.11. The zero-order valence-electron chi connectivity index (χ0n) is 15.0. The van der Waals surface area contributed by atoms with Crippen molar-refractivity contribution in [1.29, 1.82) is 0 Å². The van der Waals surface area contributed by atoms with Gasteiger partial charge in [0.1, 0.15) is 11.4 Å². The molecule has 2 aromatic carbocycles. The van der Waals surface area contributed by atoms with E-state index in [0.717, 1.165) is 5.56 Å². The minimum atomic E-state index is -0.652. The van der Waals surface area contributed by atoms with E-state index in [9.17, 15) is 14.7 Å². The number of amides is 2. The molecule has 0 atom stereocenters. The fourth-order valence-electron chi connectivity index (χ4n) is 2.15. The Balaban J connectivity index is 2.12. The van der Waals surface area contributed by atoms with Crippen LogP contribution in [-0.4, -0.2) is 22.7 Å². The number of phenols is 1. The number of aryl methyl sites for hydroxylation is 1. The number of benzene rings is 2. The summed E-state index contributed by atoms with van der Waals surface area (Å²) in [5.41, 5.74) is 1.11. The number of phenolic OH excluding ortho intramolecular Hbond substituents is 1. The van der Waals surface area contributed by atoms with Gasteiger partial charge in [0, 0.05) is 11.8 Å². The largest absolute Gasteiger partial charge is 0.507 e. The van der Waals surface area contributed by atoms with E-state index in [1.165, 1.54) is 18.2 Å². The van der Waals surface area contributed by atoms with E-state index in [2.05, 4.69) is 10.6 Å². The molecule has 2 aromatic rings. The Labute approximate surface area is 157 Å². The van der Waals surface area contributed by atoms with Crippen molar-refractivity contribution in [2.24, 2.45) is 0 Å². The Morgan fingerprint density at radius 3 is 2.38 bits per heavy atom. The van der Waals surface area contributed by atoms with Crippen molar-refractivity contribution in [1.82, 2.24) is 0 Å². The highest BCUT2D eigenvalue weighted by atomic mass is 35.5. The van der Waals surface area contributed by atoms with Crippen molar-refractivity contribution in [3.05, 3.63) is 52.5 Å². The normalized spacial score (nSPS) is 11.0. The van der Waals surface area contributed by atoms with Crippen molar-refractivity contribution >= 4 is 35.0 Å². The quantitative estimate of drug-likeness (QED) is 0.706. The molecule has 0 aromatic heterocycles. The molecule has 0 spiro atoms. The molecule has 0 aliphatic heterocycles. The number of carbonyl (C=O) groups excluding carboxylic acids is 2. The van der Waals surface area contributed by atoms with Crippen LogP contribution in [0.3, 0.4) is 0 Å². The highest BCUT2D eigenvalue weighted by Gasteiger charge is 2.18. The molecule has 2 rings (SSSR count). The maximum atomic E-state index is 12.4. The number of rotatable bonds is 3. The van der Waals surface area contributed by atoms with Gasteiger partial charge < -0.3 is 15.2 Å². The fourth-order valence-corrected chi connectivity index (χ4v) is 2.31. The van der Waals surface area contributed by atoms with Gasteiger partial charge in [0.05, 0.1) is 16.3 Å². The van der Waals surface area contributed by atoms with Crippen molar-refractivity contribution in [3.63, 3.8) is 0 Å². The maximum absolute atomic E-state index is 12.4. The van der Waals surface area contributed by atoms with Gasteiger partial charge in [0.2, 0.25) is 0 Å². The second-order valence-electron chi connectivity index (χ2n) is 6.80. The van der Waals surface area contributed by atoms with Crippen LogP contribution in [0.25, 0.3) is 0 Å². The van der Waals surface area contributed by atoms with Gasteiger partial charge in [-0.2, -0.15) is 0 Å². The maximum Gasteiger partial charge on any atom is 0.412 e. The van der Waals surface area contributed by atoms with Crippen LogP contribution in [-0.2, 0) is 4.74 Å². The van der Waals surface area contributed by atoms with Crippen molar-refractivity contribution in [3.8, 4) is 5.75 Å². The molecule has 0 unspecified atom stereocenters. The van der Waals surface area contributed by atoms with Gasteiger partial charge in [0.25, 0.3) is 5.91 Å². The zero-order valence-corrected chi connectivity index (χ0v) is 15.8. The topological polar surface area (TPSA) is 87.7 Å². The summed E-state index contributed by atoms with van der Waals surface area (Å²) in [6.07, 6.45) is -0.652. The highest BCUT2D eigenvalue weighted by molar-refractivity contribution is 6.34. The second-order valence-corrected chi connectivity index (χ2v) is 7.20. The molecule has 0 fully saturated rings. The van der Waals surface area contributed by atoms with E-state index in [0.29, 0.717) is 16.4 Å². The lowest BCUT2D eigenvalue weighted by atomic mass is 10.1. The van der Waals surface area contributed by atoms with Gasteiger partial charge in [-0.3, -0.25) is 10.1 Å². The summed E-state index contributed by atoms with van der Waals surface area (Å²) >= 11 is 6.06. The van der Waals surface area contributed by atoms with E-state index in [4.69, 9.17) is 16.3 Å². The van der Waals surface area contributed by atoms with E-state index in [1.807, 2.05) is 13.0 Å². The van der Waals surface area contributed by atoms with Crippen LogP contribution in [0.2, 0.25) is 5.02 Å². The third-order valence-electron chi connectivity index (χ3n) is 3.26. The lowest BCUT2D eigenvalue weighted by Crippen LogP contribution is -2.27. The number of aromatic hydroxyl groups is 1. The van der Waals surface area contributed by atoms with Gasteiger partial charge in [-0.1, -0.05) is 17.7 Å². The van der Waals surface area contributed by atoms with Gasteiger partial charge in [-0.05, 0) is 57.5 Å². The van der Waals surface area contributed by atoms with Crippen molar-refractivity contribution in [2.45, 2.75) is 33.3 Å². The molecule has 0 bridgehead atoms. The smallest absolute Gasteiger partial charge is 0.412 e. The molecule has 3 N–H and O–H groups in total. The molecule has 0 saturated carbocycles. The first-order chi connectivity index (χ1) is 12.0. The predicted octanol–water partition coefficient (Wildman–Crippen LogP) is 4.95. The Kier molecular flexibility index (Phi) is 5.77. The molecule has 26 heavy (non-hydrogen) atoms. The summed E-state index contributed by atoms with van der Waals surface area (Å²) in [4.78, 5) is 24.1. The summed E-state index contributed by atoms with van der Waals surface area (Å²) in [5.74, 6) is -0.793. The van der Waals surface area contributed by atoms with Crippen LogP contribution >= 0.6 is 11.6 Å². The lowest BCUT2D eigenvalue weighted by molar-refractivity contribution is 0.0636.